The van der Waals surface area contributed by atoms with Crippen molar-refractivity contribution >= 4 is 17.8 Å². The molecule has 8 heteroatoms. The zero-order valence-corrected chi connectivity index (χ0v) is 18.7. The Labute approximate surface area is 189 Å². The number of nitrogens with one attached hydrogen (secondary N) is 1. The number of pyridine rings is 1. The predicted octanol–water partition coefficient (Wildman–Crippen LogP) is 2.94. The van der Waals surface area contributed by atoms with Crippen LogP contribution in [0, 0.1) is 11.8 Å². The second-order valence-electron chi connectivity index (χ2n) is 9.56. The van der Waals surface area contributed by atoms with E-state index >= 15 is 0 Å². The number of aromatic nitrogens is 1. The summed E-state index contributed by atoms with van der Waals surface area (Å²) in [7, 11) is 0. The second-order valence-corrected chi connectivity index (χ2v) is 9.56. The molecule has 2 saturated carbocycles. The van der Waals surface area contributed by atoms with Gasteiger partial charge < -0.3 is 20.4 Å². The minimum Gasteiger partial charge on any atom is -0.480 e. The molecule has 32 heavy (non-hydrogen) atoms. The molecule has 0 amide bonds. The van der Waals surface area contributed by atoms with Crippen LogP contribution in [-0.4, -0.2) is 57.4 Å². The molecule has 1 aliphatic heterocycles. The minimum absolute atomic E-state index is 0.0409. The summed E-state index contributed by atoms with van der Waals surface area (Å²) in [6, 6.07) is 3.15. The number of rotatable bonds is 11. The van der Waals surface area contributed by atoms with Crippen LogP contribution in [0.5, 0.6) is 0 Å². The van der Waals surface area contributed by atoms with Crippen LogP contribution < -0.4 is 5.32 Å². The third kappa shape index (κ3) is 5.59. The molecule has 0 unspecified atom stereocenters. The maximum absolute atomic E-state index is 12.4. The lowest BCUT2D eigenvalue weighted by Gasteiger charge is -2.43. The van der Waals surface area contributed by atoms with E-state index in [1.54, 1.807) is 0 Å². The number of anilines is 1. The highest BCUT2D eigenvalue weighted by Crippen LogP contribution is 2.37. The number of carbonyl (C=O) groups excluding carboxylic acids is 1. The van der Waals surface area contributed by atoms with Gasteiger partial charge in [0, 0.05) is 24.9 Å². The molecule has 3 N–H and O–H groups in total. The largest absolute Gasteiger partial charge is 0.480 e. The molecule has 0 radical (unpaired) electrons. The van der Waals surface area contributed by atoms with E-state index in [-0.39, 0.29) is 25.0 Å². The first-order valence-electron chi connectivity index (χ1n) is 12.1. The van der Waals surface area contributed by atoms with Crippen LogP contribution in [0.2, 0.25) is 0 Å². The van der Waals surface area contributed by atoms with Crippen LogP contribution in [0.1, 0.15) is 69.0 Å². The molecule has 176 valence electrons. The van der Waals surface area contributed by atoms with E-state index in [2.05, 4.69) is 17.4 Å². The van der Waals surface area contributed by atoms with Gasteiger partial charge in [-0.1, -0.05) is 12.5 Å². The van der Waals surface area contributed by atoms with Gasteiger partial charge in [0.15, 0.2) is 0 Å². The van der Waals surface area contributed by atoms with E-state index in [0.29, 0.717) is 18.3 Å². The molecule has 0 bridgehead atoms. The van der Waals surface area contributed by atoms with Crippen LogP contribution in [0.3, 0.4) is 0 Å². The van der Waals surface area contributed by atoms with Crippen molar-refractivity contribution in [3.8, 4) is 0 Å². The molecule has 2 aliphatic carbocycles. The van der Waals surface area contributed by atoms with Crippen LogP contribution in [0.15, 0.2) is 12.1 Å². The normalized spacial score (nSPS) is 23.4. The second kappa shape index (κ2) is 10.6. The summed E-state index contributed by atoms with van der Waals surface area (Å²) in [6.45, 7) is 0.712. The van der Waals surface area contributed by atoms with Crippen molar-refractivity contribution in [2.24, 2.45) is 11.8 Å². The number of aliphatic hydroxyl groups excluding tert-OH is 1. The van der Waals surface area contributed by atoms with Crippen molar-refractivity contribution in [2.75, 3.05) is 18.5 Å². The fourth-order valence-electron chi connectivity index (χ4n) is 4.97. The number of aliphatic hydroxyl groups is 1. The lowest BCUT2D eigenvalue weighted by Crippen LogP contribution is -2.53. The zero-order chi connectivity index (χ0) is 22.5. The third-order valence-corrected chi connectivity index (χ3v) is 7.21. The first-order valence-corrected chi connectivity index (χ1v) is 12.1. The molecule has 1 atom stereocenters. The minimum atomic E-state index is -1.07. The molecule has 0 aromatic carbocycles. The van der Waals surface area contributed by atoms with E-state index in [9.17, 15) is 19.8 Å². The Morgan fingerprint density at radius 2 is 2.03 bits per heavy atom. The van der Waals surface area contributed by atoms with Gasteiger partial charge in [0.05, 0.1) is 6.42 Å². The monoisotopic (exact) mass is 445 g/mol. The zero-order valence-electron chi connectivity index (χ0n) is 18.7. The predicted molar refractivity (Wildman–Crippen MR) is 119 cm³/mol. The molecule has 0 spiro atoms. The molecule has 1 aromatic rings. The standard InChI is InChI=1S/C24H35N3O5/c28-12-10-21(24(30)31)27(32-22(29)15-16-3-1-4-16)20-13-17(14-20)6-8-19-9-7-18-5-2-11-25-23(18)26-19/h7,9,16-17,20-21,28H,1-6,8,10-15H2,(H,25,26)(H,30,31)/t17?,20?,21-/m0/s1. The van der Waals surface area contributed by atoms with Crippen molar-refractivity contribution in [1.29, 1.82) is 0 Å². The number of hydroxylamine groups is 2. The SMILES string of the molecule is O=C(CC1CCC1)ON(C1CC(CCc2ccc3c(n2)NCCC3)C1)[C@@H](CCO)C(=O)O. The molecule has 8 nitrogen and oxygen atoms in total. The number of hydrogen-bond donors (Lipinski definition) is 3. The quantitative estimate of drug-likeness (QED) is 0.446. The molecule has 2 heterocycles. The van der Waals surface area contributed by atoms with Gasteiger partial charge >= 0.3 is 11.9 Å². The van der Waals surface area contributed by atoms with E-state index in [0.717, 1.165) is 75.8 Å². The Bertz CT molecular complexity index is 807. The van der Waals surface area contributed by atoms with E-state index in [4.69, 9.17) is 9.82 Å². The van der Waals surface area contributed by atoms with Crippen molar-refractivity contribution in [3.63, 3.8) is 0 Å². The summed E-state index contributed by atoms with van der Waals surface area (Å²) in [5.74, 6) is 0.399. The lowest BCUT2D eigenvalue weighted by atomic mass is 9.76. The number of carboxylic acids is 1. The van der Waals surface area contributed by atoms with Gasteiger partial charge in [-0.15, -0.1) is 5.06 Å². The Balaban J connectivity index is 1.30. The average molecular weight is 446 g/mol. The molecule has 3 aliphatic rings. The van der Waals surface area contributed by atoms with Crippen molar-refractivity contribution in [3.05, 3.63) is 23.4 Å². The van der Waals surface area contributed by atoms with Crippen LogP contribution in [0.4, 0.5) is 5.82 Å². The molecule has 2 fully saturated rings. The Hall–Kier alpha value is -2.19. The molecule has 4 rings (SSSR count). The molecular weight excluding hydrogens is 410 g/mol. The lowest BCUT2D eigenvalue weighted by molar-refractivity contribution is -0.234. The Morgan fingerprint density at radius 3 is 2.72 bits per heavy atom. The van der Waals surface area contributed by atoms with Crippen molar-refractivity contribution in [2.45, 2.75) is 82.7 Å². The fourth-order valence-corrected chi connectivity index (χ4v) is 4.97. The van der Waals surface area contributed by atoms with E-state index < -0.39 is 12.0 Å². The number of carbonyl (C=O) groups is 2. The van der Waals surface area contributed by atoms with Gasteiger partial charge in [0.1, 0.15) is 11.9 Å². The highest BCUT2D eigenvalue weighted by Gasteiger charge is 2.42. The smallest absolute Gasteiger partial charge is 0.325 e. The number of aryl methyl sites for hydroxylation is 2. The summed E-state index contributed by atoms with van der Waals surface area (Å²) in [6.07, 6.45) is 9.25. The van der Waals surface area contributed by atoms with Gasteiger partial charge in [-0.05, 0) is 81.3 Å². The number of nitrogens with zero attached hydrogens (tertiary/aromatic N) is 2. The molecule has 1 aromatic heterocycles. The first kappa shape index (κ1) is 23.0. The summed E-state index contributed by atoms with van der Waals surface area (Å²) in [5.41, 5.74) is 2.36. The summed E-state index contributed by atoms with van der Waals surface area (Å²) in [5, 5.41) is 23.7. The van der Waals surface area contributed by atoms with E-state index in [1.165, 1.54) is 10.6 Å². The summed E-state index contributed by atoms with van der Waals surface area (Å²) >= 11 is 0. The van der Waals surface area contributed by atoms with Gasteiger partial charge in [0.2, 0.25) is 0 Å². The number of hydrogen-bond acceptors (Lipinski definition) is 7. The maximum Gasteiger partial charge on any atom is 0.325 e. The van der Waals surface area contributed by atoms with Crippen LogP contribution in [-0.2, 0) is 27.3 Å². The van der Waals surface area contributed by atoms with Crippen molar-refractivity contribution < 1.29 is 24.6 Å². The van der Waals surface area contributed by atoms with Gasteiger partial charge in [-0.2, -0.15) is 0 Å². The topological polar surface area (TPSA) is 112 Å². The van der Waals surface area contributed by atoms with Gasteiger partial charge in [-0.3, -0.25) is 9.59 Å². The summed E-state index contributed by atoms with van der Waals surface area (Å²) < 4.78 is 0. The highest BCUT2D eigenvalue weighted by molar-refractivity contribution is 5.74. The molecule has 0 saturated heterocycles. The number of fused-ring (bicyclic) bond motifs is 1. The van der Waals surface area contributed by atoms with Gasteiger partial charge in [-0.25, -0.2) is 4.98 Å². The highest BCUT2D eigenvalue weighted by atomic mass is 16.7. The number of carboxylic acid groups (broad SMARTS) is 1. The van der Waals surface area contributed by atoms with Crippen LogP contribution in [0.25, 0.3) is 0 Å². The fraction of sp³-hybridized carbons (Fsp3) is 0.708. The van der Waals surface area contributed by atoms with E-state index in [1.807, 2.05) is 0 Å². The Kier molecular flexibility index (Phi) is 7.63. The van der Waals surface area contributed by atoms with Crippen molar-refractivity contribution in [1.82, 2.24) is 10.0 Å². The third-order valence-electron chi connectivity index (χ3n) is 7.21. The average Bonchev–Trinajstić information content (AvgIpc) is 2.72. The number of aliphatic carboxylic acids is 1. The first-order chi connectivity index (χ1) is 15.5. The summed E-state index contributed by atoms with van der Waals surface area (Å²) in [4.78, 5) is 34.6. The molecular formula is C24H35N3O5. The maximum atomic E-state index is 12.4. The van der Waals surface area contributed by atoms with Crippen LogP contribution >= 0.6 is 0 Å². The van der Waals surface area contributed by atoms with Gasteiger partial charge in [0.25, 0.3) is 0 Å². The Morgan fingerprint density at radius 1 is 1.22 bits per heavy atom.